The van der Waals surface area contributed by atoms with Gasteiger partial charge in [-0.2, -0.15) is 11.8 Å². The van der Waals surface area contributed by atoms with Crippen molar-refractivity contribution in [3.8, 4) is 5.75 Å². The molecule has 1 aliphatic rings. The van der Waals surface area contributed by atoms with E-state index in [-0.39, 0.29) is 11.9 Å². The summed E-state index contributed by atoms with van der Waals surface area (Å²) in [4.78, 5) is 0. The number of hydrogen-bond donors (Lipinski definition) is 1. The molecule has 1 saturated heterocycles. The fourth-order valence-electron chi connectivity index (χ4n) is 1.85. The van der Waals surface area contributed by atoms with E-state index in [1.807, 2.05) is 31.7 Å². The molecule has 1 aromatic rings. The van der Waals surface area contributed by atoms with Crippen molar-refractivity contribution < 1.29 is 9.13 Å². The molecule has 1 N–H and O–H groups in total. The molecule has 0 spiro atoms. The second-order valence-electron chi connectivity index (χ2n) is 4.42. The lowest BCUT2D eigenvalue weighted by molar-refractivity contribution is 0.231. The number of rotatable bonds is 3. The van der Waals surface area contributed by atoms with Gasteiger partial charge in [0.1, 0.15) is 0 Å². The first kappa shape index (κ1) is 12.7. The van der Waals surface area contributed by atoms with Crippen LogP contribution in [0.3, 0.4) is 0 Å². The molecule has 17 heavy (non-hydrogen) atoms. The molecule has 0 bridgehead atoms. The lowest BCUT2D eigenvalue weighted by Gasteiger charge is -2.23. The van der Waals surface area contributed by atoms with Crippen molar-refractivity contribution in [3.05, 3.63) is 29.6 Å². The van der Waals surface area contributed by atoms with Gasteiger partial charge in [-0.3, -0.25) is 0 Å². The Morgan fingerprint density at radius 1 is 1.47 bits per heavy atom. The highest BCUT2D eigenvalue weighted by atomic mass is 32.2. The van der Waals surface area contributed by atoms with E-state index in [1.165, 1.54) is 0 Å². The van der Waals surface area contributed by atoms with Crippen molar-refractivity contribution in [2.24, 2.45) is 0 Å². The molecule has 1 fully saturated rings. The molecule has 0 saturated carbocycles. The van der Waals surface area contributed by atoms with E-state index in [0.717, 1.165) is 24.4 Å². The molecular formula is C13H18FNOS. The maximum Gasteiger partial charge on any atom is 0.165 e. The molecule has 1 unspecified atom stereocenters. The Kier molecular flexibility index (Phi) is 4.29. The van der Waals surface area contributed by atoms with Gasteiger partial charge >= 0.3 is 0 Å². The van der Waals surface area contributed by atoms with Gasteiger partial charge in [0.2, 0.25) is 0 Å². The fourth-order valence-corrected chi connectivity index (χ4v) is 2.97. The summed E-state index contributed by atoms with van der Waals surface area (Å²) in [6.45, 7) is 5.75. The molecule has 0 amide bonds. The van der Waals surface area contributed by atoms with Gasteiger partial charge in [0.05, 0.1) is 6.10 Å². The summed E-state index contributed by atoms with van der Waals surface area (Å²) < 4.78 is 19.2. The van der Waals surface area contributed by atoms with Crippen LogP contribution in [-0.2, 0) is 0 Å². The Morgan fingerprint density at radius 3 is 2.88 bits per heavy atom. The minimum Gasteiger partial charge on any atom is -0.488 e. The first-order valence-electron chi connectivity index (χ1n) is 5.95. The highest BCUT2D eigenvalue weighted by Gasteiger charge is 2.17. The number of nitrogens with one attached hydrogen (secondary N) is 1. The number of halogens is 1. The largest absolute Gasteiger partial charge is 0.488 e. The van der Waals surface area contributed by atoms with Crippen LogP contribution in [0.2, 0.25) is 0 Å². The van der Waals surface area contributed by atoms with Crippen LogP contribution in [0.15, 0.2) is 18.2 Å². The molecule has 1 aliphatic heterocycles. The van der Waals surface area contributed by atoms with E-state index in [1.54, 1.807) is 12.1 Å². The van der Waals surface area contributed by atoms with Crippen LogP contribution in [0, 0.1) is 5.82 Å². The smallest absolute Gasteiger partial charge is 0.165 e. The number of ether oxygens (including phenoxy) is 1. The lowest BCUT2D eigenvalue weighted by Crippen LogP contribution is -2.28. The van der Waals surface area contributed by atoms with Crippen LogP contribution in [0.1, 0.15) is 24.7 Å². The Hall–Kier alpha value is -0.740. The van der Waals surface area contributed by atoms with E-state index in [2.05, 4.69) is 5.32 Å². The van der Waals surface area contributed by atoms with Crippen molar-refractivity contribution in [1.82, 2.24) is 5.32 Å². The maximum atomic E-state index is 13.8. The van der Waals surface area contributed by atoms with E-state index < -0.39 is 0 Å². The van der Waals surface area contributed by atoms with Crippen LogP contribution < -0.4 is 10.1 Å². The fraction of sp³-hybridized carbons (Fsp3) is 0.538. The van der Waals surface area contributed by atoms with Gasteiger partial charge in [-0.1, -0.05) is 6.07 Å². The van der Waals surface area contributed by atoms with Gasteiger partial charge in [0, 0.05) is 24.1 Å². The van der Waals surface area contributed by atoms with Gasteiger partial charge in [-0.25, -0.2) is 4.39 Å². The monoisotopic (exact) mass is 255 g/mol. The van der Waals surface area contributed by atoms with Gasteiger partial charge < -0.3 is 10.1 Å². The summed E-state index contributed by atoms with van der Waals surface area (Å²) in [5.41, 5.74) is 1.04. The molecule has 0 aromatic heterocycles. The topological polar surface area (TPSA) is 21.3 Å². The summed E-state index contributed by atoms with van der Waals surface area (Å²) in [6, 6.07) is 5.30. The quantitative estimate of drug-likeness (QED) is 0.897. The number of thioether (sulfide) groups is 1. The number of hydrogen-bond acceptors (Lipinski definition) is 3. The van der Waals surface area contributed by atoms with E-state index in [0.29, 0.717) is 11.0 Å². The van der Waals surface area contributed by atoms with Crippen molar-refractivity contribution >= 4 is 11.8 Å². The zero-order valence-electron chi connectivity index (χ0n) is 10.2. The second-order valence-corrected chi connectivity index (χ2v) is 5.73. The van der Waals surface area contributed by atoms with Gasteiger partial charge in [-0.15, -0.1) is 0 Å². The molecular weight excluding hydrogens is 237 g/mol. The van der Waals surface area contributed by atoms with Crippen LogP contribution in [0.25, 0.3) is 0 Å². The zero-order valence-corrected chi connectivity index (χ0v) is 11.0. The SMILES string of the molecule is CC(C)Oc1ccc(C2CNCCS2)cc1F. The highest BCUT2D eigenvalue weighted by molar-refractivity contribution is 7.99. The molecule has 1 aromatic carbocycles. The molecule has 1 atom stereocenters. The van der Waals surface area contributed by atoms with Crippen LogP contribution in [0.4, 0.5) is 4.39 Å². The molecule has 1 heterocycles. The third-order valence-corrected chi connectivity index (χ3v) is 3.90. The van der Waals surface area contributed by atoms with E-state index in [9.17, 15) is 4.39 Å². The van der Waals surface area contributed by atoms with Crippen molar-refractivity contribution in [2.75, 3.05) is 18.8 Å². The Bertz CT molecular complexity index is 378. The van der Waals surface area contributed by atoms with Gasteiger partial charge in [-0.05, 0) is 31.5 Å². The molecule has 94 valence electrons. The summed E-state index contributed by atoms with van der Waals surface area (Å²) in [5, 5.41) is 3.68. The molecule has 2 rings (SSSR count). The standard InChI is InChI=1S/C13H18FNOS/c1-9(2)16-12-4-3-10(7-11(12)14)13-8-15-5-6-17-13/h3-4,7,9,13,15H,5-6,8H2,1-2H3. The summed E-state index contributed by atoms with van der Waals surface area (Å²) in [7, 11) is 0. The Morgan fingerprint density at radius 2 is 2.29 bits per heavy atom. The Balaban J connectivity index is 2.12. The third-order valence-electron chi connectivity index (χ3n) is 2.62. The van der Waals surface area contributed by atoms with Gasteiger partial charge in [0.25, 0.3) is 0 Å². The molecule has 0 radical (unpaired) electrons. The first-order valence-corrected chi connectivity index (χ1v) is 7.00. The van der Waals surface area contributed by atoms with Crippen LogP contribution in [0.5, 0.6) is 5.75 Å². The van der Waals surface area contributed by atoms with E-state index >= 15 is 0 Å². The number of benzene rings is 1. The average molecular weight is 255 g/mol. The first-order chi connectivity index (χ1) is 8.16. The summed E-state index contributed by atoms with van der Waals surface area (Å²) in [5.74, 6) is 1.16. The second kappa shape index (κ2) is 5.74. The zero-order chi connectivity index (χ0) is 12.3. The molecule has 2 nitrogen and oxygen atoms in total. The lowest BCUT2D eigenvalue weighted by atomic mass is 10.1. The summed E-state index contributed by atoms with van der Waals surface area (Å²) in [6.07, 6.45) is 0.000993. The van der Waals surface area contributed by atoms with Crippen LogP contribution >= 0.6 is 11.8 Å². The van der Waals surface area contributed by atoms with Crippen LogP contribution in [-0.4, -0.2) is 24.9 Å². The third kappa shape index (κ3) is 3.36. The molecule has 0 aliphatic carbocycles. The maximum absolute atomic E-state index is 13.8. The minimum absolute atomic E-state index is 0.000993. The normalized spacial score (nSPS) is 20.6. The predicted octanol–water partition coefficient (Wildman–Crippen LogP) is 2.99. The molecule has 4 heteroatoms. The average Bonchev–Trinajstić information content (AvgIpc) is 2.32. The van der Waals surface area contributed by atoms with E-state index in [4.69, 9.17) is 4.74 Å². The van der Waals surface area contributed by atoms with Crippen molar-refractivity contribution in [3.63, 3.8) is 0 Å². The predicted molar refractivity (Wildman–Crippen MR) is 70.2 cm³/mol. The summed E-state index contributed by atoms with van der Waals surface area (Å²) >= 11 is 1.87. The van der Waals surface area contributed by atoms with Crippen molar-refractivity contribution in [1.29, 1.82) is 0 Å². The van der Waals surface area contributed by atoms with Gasteiger partial charge in [0.15, 0.2) is 11.6 Å². The Labute approximate surface area is 106 Å². The highest BCUT2D eigenvalue weighted by Crippen LogP contribution is 2.32. The minimum atomic E-state index is -0.262. The van der Waals surface area contributed by atoms with Crippen molar-refractivity contribution in [2.45, 2.75) is 25.2 Å².